The first kappa shape index (κ1) is 23.0. The third-order valence-electron chi connectivity index (χ3n) is 4.06. The van der Waals surface area contributed by atoms with Gasteiger partial charge in [-0.25, -0.2) is 13.6 Å². The van der Waals surface area contributed by atoms with Gasteiger partial charge < -0.3 is 15.4 Å². The number of ether oxygens (including phenoxy) is 1. The Morgan fingerprint density at radius 1 is 0.750 bits per heavy atom. The van der Waals surface area contributed by atoms with Crippen molar-refractivity contribution < 1.29 is 27.9 Å². The molecule has 3 aromatic carbocycles. The summed E-state index contributed by atoms with van der Waals surface area (Å²) in [6.07, 6.45) is 0. The van der Waals surface area contributed by atoms with E-state index in [-0.39, 0.29) is 17.2 Å². The van der Waals surface area contributed by atoms with Gasteiger partial charge in [0.25, 0.3) is 5.91 Å². The van der Waals surface area contributed by atoms with E-state index in [9.17, 15) is 23.2 Å². The van der Waals surface area contributed by atoms with E-state index in [4.69, 9.17) is 4.74 Å². The van der Waals surface area contributed by atoms with E-state index in [1.54, 1.807) is 18.2 Å². The SMILES string of the molecule is O=C(COC(=O)c1ccccc1SCC(=O)Nc1ccc(F)cc1)Nc1ccc(F)cc1. The Bertz CT molecular complexity index is 1110. The van der Waals surface area contributed by atoms with Gasteiger partial charge in [0, 0.05) is 16.3 Å². The van der Waals surface area contributed by atoms with Crippen LogP contribution in [0.2, 0.25) is 0 Å². The van der Waals surface area contributed by atoms with Gasteiger partial charge in [-0.3, -0.25) is 9.59 Å². The summed E-state index contributed by atoms with van der Waals surface area (Å²) in [6.45, 7) is -0.528. The molecular weight excluding hydrogens is 438 g/mol. The second kappa shape index (κ2) is 11.1. The van der Waals surface area contributed by atoms with E-state index in [1.807, 2.05) is 0 Å². The molecule has 0 bridgehead atoms. The zero-order valence-corrected chi connectivity index (χ0v) is 17.5. The van der Waals surface area contributed by atoms with Crippen LogP contribution in [0.1, 0.15) is 10.4 Å². The molecule has 32 heavy (non-hydrogen) atoms. The first-order valence-electron chi connectivity index (χ1n) is 9.40. The van der Waals surface area contributed by atoms with Gasteiger partial charge >= 0.3 is 5.97 Å². The number of benzene rings is 3. The minimum atomic E-state index is -0.721. The van der Waals surface area contributed by atoms with Crippen LogP contribution in [0.4, 0.5) is 20.2 Å². The van der Waals surface area contributed by atoms with Crippen molar-refractivity contribution in [2.75, 3.05) is 23.0 Å². The van der Waals surface area contributed by atoms with Gasteiger partial charge in [0.2, 0.25) is 5.91 Å². The van der Waals surface area contributed by atoms with Gasteiger partial charge in [-0.15, -0.1) is 11.8 Å². The molecule has 2 amide bonds. The summed E-state index contributed by atoms with van der Waals surface area (Å²) in [5.41, 5.74) is 1.04. The van der Waals surface area contributed by atoms with Crippen molar-refractivity contribution in [3.05, 3.63) is 90.0 Å². The molecule has 0 fully saturated rings. The van der Waals surface area contributed by atoms with Crippen molar-refractivity contribution in [3.8, 4) is 0 Å². The number of esters is 1. The molecule has 2 N–H and O–H groups in total. The predicted octanol–water partition coefficient (Wildman–Crippen LogP) is 4.49. The van der Waals surface area contributed by atoms with Crippen LogP contribution in [0.15, 0.2) is 77.7 Å². The monoisotopic (exact) mass is 456 g/mol. The van der Waals surface area contributed by atoms with Crippen LogP contribution in [-0.4, -0.2) is 30.1 Å². The topological polar surface area (TPSA) is 84.5 Å². The highest BCUT2D eigenvalue weighted by atomic mass is 32.2. The Labute approximate surface area is 187 Å². The summed E-state index contributed by atoms with van der Waals surface area (Å²) in [7, 11) is 0. The molecule has 3 aromatic rings. The second-order valence-corrected chi connectivity index (χ2v) is 7.49. The van der Waals surface area contributed by atoms with Crippen LogP contribution in [-0.2, 0) is 14.3 Å². The lowest BCUT2D eigenvalue weighted by atomic mass is 10.2. The molecule has 164 valence electrons. The molecule has 0 aliphatic carbocycles. The van der Waals surface area contributed by atoms with Crippen molar-refractivity contribution in [3.63, 3.8) is 0 Å². The number of amides is 2. The molecule has 0 heterocycles. The highest BCUT2D eigenvalue weighted by molar-refractivity contribution is 8.00. The number of carbonyl (C=O) groups is 3. The molecule has 0 radical (unpaired) electrons. The van der Waals surface area contributed by atoms with Gasteiger partial charge in [-0.05, 0) is 60.7 Å². The number of carbonyl (C=O) groups excluding carboxylic acids is 3. The smallest absolute Gasteiger partial charge is 0.339 e. The Balaban J connectivity index is 1.52. The van der Waals surface area contributed by atoms with Crippen molar-refractivity contribution in [2.24, 2.45) is 0 Å². The molecule has 9 heteroatoms. The molecule has 0 aliphatic rings. The maximum atomic E-state index is 13.0. The van der Waals surface area contributed by atoms with Crippen LogP contribution in [0.3, 0.4) is 0 Å². The lowest BCUT2D eigenvalue weighted by Crippen LogP contribution is -2.21. The fraction of sp³-hybridized carbons (Fsp3) is 0.0870. The van der Waals surface area contributed by atoms with Crippen molar-refractivity contribution in [1.29, 1.82) is 0 Å². The predicted molar refractivity (Wildman–Crippen MR) is 118 cm³/mol. The third-order valence-corrected chi connectivity index (χ3v) is 5.13. The molecule has 0 aliphatic heterocycles. The fourth-order valence-corrected chi connectivity index (χ4v) is 3.41. The summed E-state index contributed by atoms with van der Waals surface area (Å²) in [5, 5.41) is 5.13. The number of thioether (sulfide) groups is 1. The Kier molecular flexibility index (Phi) is 7.93. The van der Waals surface area contributed by atoms with Crippen LogP contribution in [0, 0.1) is 11.6 Å². The zero-order valence-electron chi connectivity index (χ0n) is 16.6. The first-order valence-corrected chi connectivity index (χ1v) is 10.4. The minimum absolute atomic E-state index is 0.00667. The Hall–Kier alpha value is -3.72. The largest absolute Gasteiger partial charge is 0.452 e. The van der Waals surface area contributed by atoms with Gasteiger partial charge in [-0.2, -0.15) is 0 Å². The Morgan fingerprint density at radius 2 is 1.28 bits per heavy atom. The van der Waals surface area contributed by atoms with E-state index in [2.05, 4.69) is 10.6 Å². The summed E-state index contributed by atoms with van der Waals surface area (Å²) < 4.78 is 30.9. The number of anilines is 2. The first-order chi connectivity index (χ1) is 15.4. The van der Waals surface area contributed by atoms with Gasteiger partial charge in [0.15, 0.2) is 6.61 Å². The van der Waals surface area contributed by atoms with Crippen molar-refractivity contribution >= 4 is 40.9 Å². The maximum Gasteiger partial charge on any atom is 0.339 e. The van der Waals surface area contributed by atoms with Gasteiger partial charge in [0.1, 0.15) is 11.6 Å². The third kappa shape index (κ3) is 6.92. The van der Waals surface area contributed by atoms with Gasteiger partial charge in [0.05, 0.1) is 11.3 Å². The molecule has 0 atom stereocenters. The number of halogens is 2. The van der Waals surface area contributed by atoms with E-state index in [0.29, 0.717) is 16.3 Å². The van der Waals surface area contributed by atoms with Crippen molar-refractivity contribution in [1.82, 2.24) is 0 Å². The number of rotatable bonds is 8. The molecule has 0 unspecified atom stereocenters. The molecule has 0 saturated carbocycles. The molecule has 3 rings (SSSR count). The van der Waals surface area contributed by atoms with E-state index >= 15 is 0 Å². The summed E-state index contributed by atoms with van der Waals surface area (Å²) >= 11 is 1.12. The summed E-state index contributed by atoms with van der Waals surface area (Å²) in [4.78, 5) is 37.0. The summed E-state index contributed by atoms with van der Waals surface area (Å²) in [6, 6.07) is 17.1. The number of hydrogen-bond acceptors (Lipinski definition) is 5. The lowest BCUT2D eigenvalue weighted by molar-refractivity contribution is -0.119. The maximum absolute atomic E-state index is 13.0. The van der Waals surface area contributed by atoms with E-state index in [0.717, 1.165) is 11.8 Å². The quantitative estimate of drug-likeness (QED) is 0.385. The van der Waals surface area contributed by atoms with Crippen molar-refractivity contribution in [2.45, 2.75) is 4.90 Å². The molecule has 0 aromatic heterocycles. The minimum Gasteiger partial charge on any atom is -0.452 e. The number of hydrogen-bond donors (Lipinski definition) is 2. The average Bonchev–Trinajstić information content (AvgIpc) is 2.79. The number of nitrogens with one attached hydrogen (secondary N) is 2. The highest BCUT2D eigenvalue weighted by Crippen LogP contribution is 2.24. The standard InChI is InChI=1S/C23H18F2N2O4S/c24-15-5-9-17(10-6-15)26-21(28)13-31-23(30)19-3-1-2-4-20(19)32-14-22(29)27-18-11-7-16(25)8-12-18/h1-12H,13-14H2,(H,26,28)(H,27,29). The highest BCUT2D eigenvalue weighted by Gasteiger charge is 2.16. The normalized spacial score (nSPS) is 10.3. The van der Waals surface area contributed by atoms with E-state index in [1.165, 1.54) is 54.6 Å². The van der Waals surface area contributed by atoms with Crippen LogP contribution < -0.4 is 10.6 Å². The molecule has 6 nitrogen and oxygen atoms in total. The lowest BCUT2D eigenvalue weighted by Gasteiger charge is -2.10. The van der Waals surface area contributed by atoms with Crippen LogP contribution in [0.25, 0.3) is 0 Å². The van der Waals surface area contributed by atoms with Gasteiger partial charge in [-0.1, -0.05) is 12.1 Å². The summed E-state index contributed by atoms with van der Waals surface area (Å²) in [5.74, 6) is -2.46. The molecular formula is C23H18F2N2O4S. The zero-order chi connectivity index (χ0) is 22.9. The molecule has 0 spiro atoms. The average molecular weight is 456 g/mol. The Morgan fingerprint density at radius 3 is 1.88 bits per heavy atom. The van der Waals surface area contributed by atoms with Crippen LogP contribution in [0.5, 0.6) is 0 Å². The van der Waals surface area contributed by atoms with Crippen LogP contribution >= 0.6 is 11.8 Å². The van der Waals surface area contributed by atoms with E-state index < -0.39 is 30.1 Å². The second-order valence-electron chi connectivity index (χ2n) is 6.47. The molecule has 0 saturated heterocycles. The fourth-order valence-electron chi connectivity index (χ4n) is 2.57.